The lowest BCUT2D eigenvalue weighted by atomic mass is 10.2. The van der Waals surface area contributed by atoms with Crippen LogP contribution in [0.5, 0.6) is 0 Å². The van der Waals surface area contributed by atoms with Gasteiger partial charge >= 0.3 is 0 Å². The second kappa shape index (κ2) is 4.68. The molecular formula is C11H17N3O. The summed E-state index contributed by atoms with van der Waals surface area (Å²) in [6.07, 6.45) is 1.03. The maximum atomic E-state index is 5.44. The third-order valence-corrected chi connectivity index (χ3v) is 2.52. The van der Waals surface area contributed by atoms with Gasteiger partial charge in [-0.05, 0) is 13.3 Å². The Bertz CT molecular complexity index is 352. The number of hydrogen-bond donors (Lipinski definition) is 1. The SMILES string of the molecule is CCCOCc1nc(C)c2c(n1)CNC2. The molecule has 1 aromatic rings. The Labute approximate surface area is 90.1 Å². The number of fused-ring (bicyclic) bond motifs is 1. The molecule has 0 amide bonds. The number of nitrogens with one attached hydrogen (secondary N) is 1. The van der Waals surface area contributed by atoms with Crippen molar-refractivity contribution in [2.24, 2.45) is 0 Å². The molecule has 0 saturated heterocycles. The molecule has 0 saturated carbocycles. The monoisotopic (exact) mass is 207 g/mol. The highest BCUT2D eigenvalue weighted by atomic mass is 16.5. The molecular weight excluding hydrogens is 190 g/mol. The van der Waals surface area contributed by atoms with Gasteiger partial charge in [0.15, 0.2) is 5.82 Å². The molecule has 15 heavy (non-hydrogen) atoms. The summed E-state index contributed by atoms with van der Waals surface area (Å²) in [5, 5.41) is 3.28. The standard InChI is InChI=1S/C11H17N3O/c1-3-4-15-7-11-13-8(2)9-5-12-6-10(9)14-11/h12H,3-7H2,1-2H3. The van der Waals surface area contributed by atoms with Gasteiger partial charge in [-0.15, -0.1) is 0 Å². The molecule has 0 atom stereocenters. The van der Waals surface area contributed by atoms with Gasteiger partial charge < -0.3 is 10.1 Å². The number of aromatic nitrogens is 2. The van der Waals surface area contributed by atoms with Crippen molar-refractivity contribution in [3.63, 3.8) is 0 Å². The number of ether oxygens (including phenoxy) is 1. The van der Waals surface area contributed by atoms with Gasteiger partial charge in [0.25, 0.3) is 0 Å². The summed E-state index contributed by atoms with van der Waals surface area (Å²) in [6, 6.07) is 0. The molecule has 1 aromatic heterocycles. The Morgan fingerprint density at radius 2 is 2.20 bits per heavy atom. The predicted molar refractivity (Wildman–Crippen MR) is 57.3 cm³/mol. The molecule has 1 aliphatic heterocycles. The van der Waals surface area contributed by atoms with Gasteiger partial charge in [0, 0.05) is 31.0 Å². The topological polar surface area (TPSA) is 47.0 Å². The molecule has 1 N–H and O–H groups in total. The molecule has 0 unspecified atom stereocenters. The lowest BCUT2D eigenvalue weighted by Gasteiger charge is -2.06. The van der Waals surface area contributed by atoms with E-state index in [1.54, 1.807) is 0 Å². The van der Waals surface area contributed by atoms with Gasteiger partial charge in [0.05, 0.1) is 5.69 Å². The lowest BCUT2D eigenvalue weighted by Crippen LogP contribution is -2.05. The van der Waals surface area contributed by atoms with Crippen molar-refractivity contribution >= 4 is 0 Å². The molecule has 0 aromatic carbocycles. The quantitative estimate of drug-likeness (QED) is 0.756. The highest BCUT2D eigenvalue weighted by Crippen LogP contribution is 2.16. The van der Waals surface area contributed by atoms with Crippen molar-refractivity contribution in [2.75, 3.05) is 6.61 Å². The lowest BCUT2D eigenvalue weighted by molar-refractivity contribution is 0.116. The summed E-state index contributed by atoms with van der Waals surface area (Å²) in [5.74, 6) is 0.809. The van der Waals surface area contributed by atoms with Crippen molar-refractivity contribution in [1.29, 1.82) is 0 Å². The van der Waals surface area contributed by atoms with Crippen LogP contribution in [0.15, 0.2) is 0 Å². The van der Waals surface area contributed by atoms with E-state index in [0.717, 1.165) is 43.3 Å². The van der Waals surface area contributed by atoms with E-state index in [0.29, 0.717) is 6.61 Å². The number of aryl methyl sites for hydroxylation is 1. The average molecular weight is 207 g/mol. The van der Waals surface area contributed by atoms with Crippen molar-refractivity contribution in [2.45, 2.75) is 40.0 Å². The zero-order valence-electron chi connectivity index (χ0n) is 9.34. The van der Waals surface area contributed by atoms with Gasteiger partial charge in [0.1, 0.15) is 6.61 Å². The van der Waals surface area contributed by atoms with Gasteiger partial charge in [-0.1, -0.05) is 6.92 Å². The van der Waals surface area contributed by atoms with E-state index < -0.39 is 0 Å². The summed E-state index contributed by atoms with van der Waals surface area (Å²) in [7, 11) is 0. The second-order valence-corrected chi connectivity index (χ2v) is 3.81. The van der Waals surface area contributed by atoms with Crippen LogP contribution in [0.3, 0.4) is 0 Å². The molecule has 82 valence electrons. The fourth-order valence-electron chi connectivity index (χ4n) is 1.77. The minimum Gasteiger partial charge on any atom is -0.373 e. The van der Waals surface area contributed by atoms with E-state index in [2.05, 4.69) is 22.2 Å². The van der Waals surface area contributed by atoms with Crippen LogP contribution in [0.1, 0.15) is 36.1 Å². The summed E-state index contributed by atoms with van der Waals surface area (Å²) in [6.45, 7) is 7.20. The maximum Gasteiger partial charge on any atom is 0.154 e. The first kappa shape index (κ1) is 10.5. The van der Waals surface area contributed by atoms with Crippen LogP contribution in [0.25, 0.3) is 0 Å². The van der Waals surface area contributed by atoms with Crippen molar-refractivity contribution in [1.82, 2.24) is 15.3 Å². The summed E-state index contributed by atoms with van der Waals surface area (Å²) in [5.41, 5.74) is 3.48. The Morgan fingerprint density at radius 3 is 3.00 bits per heavy atom. The molecule has 4 nitrogen and oxygen atoms in total. The predicted octanol–water partition coefficient (Wildman–Crippen LogP) is 1.31. The Kier molecular flexibility index (Phi) is 3.28. The number of hydrogen-bond acceptors (Lipinski definition) is 4. The van der Waals surface area contributed by atoms with Crippen molar-refractivity contribution in [3.05, 3.63) is 22.8 Å². The molecule has 0 bridgehead atoms. The van der Waals surface area contributed by atoms with E-state index in [1.807, 2.05) is 6.92 Å². The molecule has 0 aliphatic carbocycles. The fraction of sp³-hybridized carbons (Fsp3) is 0.636. The summed E-state index contributed by atoms with van der Waals surface area (Å²) < 4.78 is 5.44. The molecule has 1 aliphatic rings. The smallest absolute Gasteiger partial charge is 0.154 e. The van der Waals surface area contributed by atoms with Crippen LogP contribution in [0.4, 0.5) is 0 Å². The van der Waals surface area contributed by atoms with E-state index in [-0.39, 0.29) is 0 Å². The molecule has 4 heteroatoms. The van der Waals surface area contributed by atoms with E-state index in [1.165, 1.54) is 5.56 Å². The van der Waals surface area contributed by atoms with E-state index >= 15 is 0 Å². The zero-order chi connectivity index (χ0) is 10.7. The summed E-state index contributed by atoms with van der Waals surface area (Å²) >= 11 is 0. The first-order valence-electron chi connectivity index (χ1n) is 5.45. The van der Waals surface area contributed by atoms with E-state index in [9.17, 15) is 0 Å². The Balaban J connectivity index is 2.09. The Morgan fingerprint density at radius 1 is 1.33 bits per heavy atom. The van der Waals surface area contributed by atoms with E-state index in [4.69, 9.17) is 4.74 Å². The largest absolute Gasteiger partial charge is 0.373 e. The average Bonchev–Trinajstić information content (AvgIpc) is 2.66. The number of rotatable bonds is 4. The normalized spacial score (nSPS) is 14.3. The van der Waals surface area contributed by atoms with Crippen LogP contribution in [0, 0.1) is 6.92 Å². The summed E-state index contributed by atoms with van der Waals surface area (Å²) in [4.78, 5) is 8.93. The molecule has 0 fully saturated rings. The third kappa shape index (κ3) is 2.33. The first-order chi connectivity index (χ1) is 7.31. The minimum atomic E-state index is 0.530. The second-order valence-electron chi connectivity index (χ2n) is 3.81. The highest BCUT2D eigenvalue weighted by Gasteiger charge is 2.16. The number of nitrogens with zero attached hydrogens (tertiary/aromatic N) is 2. The third-order valence-electron chi connectivity index (χ3n) is 2.52. The first-order valence-corrected chi connectivity index (χ1v) is 5.45. The maximum absolute atomic E-state index is 5.44. The van der Waals surface area contributed by atoms with Crippen LogP contribution in [0.2, 0.25) is 0 Å². The van der Waals surface area contributed by atoms with Crippen molar-refractivity contribution < 1.29 is 4.74 Å². The van der Waals surface area contributed by atoms with Crippen LogP contribution < -0.4 is 5.32 Å². The minimum absolute atomic E-state index is 0.530. The zero-order valence-corrected chi connectivity index (χ0v) is 9.34. The van der Waals surface area contributed by atoms with Gasteiger partial charge in [-0.2, -0.15) is 0 Å². The molecule has 0 spiro atoms. The Hall–Kier alpha value is -1.00. The van der Waals surface area contributed by atoms with Crippen molar-refractivity contribution in [3.8, 4) is 0 Å². The van der Waals surface area contributed by atoms with Crippen LogP contribution >= 0.6 is 0 Å². The van der Waals surface area contributed by atoms with Gasteiger partial charge in [0.2, 0.25) is 0 Å². The van der Waals surface area contributed by atoms with Gasteiger partial charge in [-0.25, -0.2) is 9.97 Å². The fourth-order valence-corrected chi connectivity index (χ4v) is 1.77. The molecule has 2 rings (SSSR count). The van der Waals surface area contributed by atoms with Crippen LogP contribution in [-0.2, 0) is 24.4 Å². The highest BCUT2D eigenvalue weighted by molar-refractivity contribution is 5.28. The molecule has 0 radical (unpaired) electrons. The van der Waals surface area contributed by atoms with Crippen LogP contribution in [-0.4, -0.2) is 16.6 Å². The van der Waals surface area contributed by atoms with Gasteiger partial charge in [-0.3, -0.25) is 0 Å². The molecule has 2 heterocycles.